The first kappa shape index (κ1) is 12.1. The minimum absolute atomic E-state index is 0.800. The van der Waals surface area contributed by atoms with Gasteiger partial charge in [-0.15, -0.1) is 0 Å². The molecule has 17 heavy (non-hydrogen) atoms. The Morgan fingerprint density at radius 1 is 1.18 bits per heavy atom. The molecule has 2 rings (SSSR count). The van der Waals surface area contributed by atoms with Crippen LogP contribution in [0.2, 0.25) is 0 Å². The number of pyridine rings is 1. The summed E-state index contributed by atoms with van der Waals surface area (Å²) in [5, 5.41) is 3.39. The molecule has 0 atom stereocenters. The number of hydrogen-bond donors (Lipinski definition) is 1. The maximum Gasteiger partial charge on any atom is 0.0416 e. The second-order valence-corrected chi connectivity index (χ2v) is 4.98. The molecule has 0 saturated heterocycles. The highest BCUT2D eigenvalue weighted by Crippen LogP contribution is 2.20. The fourth-order valence-corrected chi connectivity index (χ4v) is 1.81. The van der Waals surface area contributed by atoms with Crippen molar-refractivity contribution in [3.63, 3.8) is 0 Å². The molecule has 1 N–H and O–H groups in total. The van der Waals surface area contributed by atoms with Gasteiger partial charge in [0, 0.05) is 28.6 Å². The van der Waals surface area contributed by atoms with Gasteiger partial charge < -0.3 is 5.32 Å². The largest absolute Gasteiger partial charge is 0.381 e. The van der Waals surface area contributed by atoms with Gasteiger partial charge in [0.2, 0.25) is 0 Å². The number of rotatable bonds is 3. The minimum Gasteiger partial charge on any atom is -0.381 e. The molecular weight excluding hydrogens is 276 g/mol. The van der Waals surface area contributed by atoms with Crippen LogP contribution in [0, 0.1) is 13.8 Å². The lowest BCUT2D eigenvalue weighted by atomic mass is 10.2. The summed E-state index contributed by atoms with van der Waals surface area (Å²) in [5.41, 5.74) is 4.60. The zero-order chi connectivity index (χ0) is 12.3. The summed E-state index contributed by atoms with van der Waals surface area (Å²) in [6.45, 7) is 4.88. The van der Waals surface area contributed by atoms with E-state index in [-0.39, 0.29) is 0 Å². The van der Waals surface area contributed by atoms with E-state index in [1.807, 2.05) is 19.2 Å². The van der Waals surface area contributed by atoms with Crippen molar-refractivity contribution in [3.05, 3.63) is 57.8 Å². The highest BCUT2D eigenvalue weighted by atomic mass is 79.9. The van der Waals surface area contributed by atoms with Crippen LogP contribution in [0.4, 0.5) is 5.69 Å². The molecule has 0 spiro atoms. The van der Waals surface area contributed by atoms with Crippen LogP contribution in [0.5, 0.6) is 0 Å². The van der Waals surface area contributed by atoms with E-state index in [0.29, 0.717) is 0 Å². The van der Waals surface area contributed by atoms with Gasteiger partial charge in [0.05, 0.1) is 0 Å². The average molecular weight is 291 g/mol. The first-order valence-electron chi connectivity index (χ1n) is 5.57. The van der Waals surface area contributed by atoms with Crippen LogP contribution in [0.3, 0.4) is 0 Å². The lowest BCUT2D eigenvalue weighted by Gasteiger charge is -2.08. The van der Waals surface area contributed by atoms with Crippen molar-refractivity contribution in [2.24, 2.45) is 0 Å². The van der Waals surface area contributed by atoms with Crippen molar-refractivity contribution in [2.75, 3.05) is 5.32 Å². The van der Waals surface area contributed by atoms with Crippen molar-refractivity contribution < 1.29 is 0 Å². The monoisotopic (exact) mass is 290 g/mol. The maximum absolute atomic E-state index is 4.28. The highest BCUT2D eigenvalue weighted by Gasteiger charge is 1.98. The molecule has 1 aromatic carbocycles. The van der Waals surface area contributed by atoms with Gasteiger partial charge in [0.1, 0.15) is 0 Å². The zero-order valence-corrected chi connectivity index (χ0v) is 11.6. The second-order valence-electron chi connectivity index (χ2n) is 4.13. The summed E-state index contributed by atoms with van der Waals surface area (Å²) in [4.78, 5) is 4.28. The molecule has 0 aliphatic carbocycles. The molecule has 2 nitrogen and oxygen atoms in total. The van der Waals surface area contributed by atoms with Crippen molar-refractivity contribution in [1.29, 1.82) is 0 Å². The van der Waals surface area contributed by atoms with Crippen molar-refractivity contribution in [1.82, 2.24) is 4.98 Å². The summed E-state index contributed by atoms with van der Waals surface area (Å²) >= 11 is 3.50. The Hall–Kier alpha value is -1.35. The molecule has 0 aliphatic heterocycles. The van der Waals surface area contributed by atoms with E-state index >= 15 is 0 Å². The van der Waals surface area contributed by atoms with E-state index in [1.165, 1.54) is 11.1 Å². The Morgan fingerprint density at radius 3 is 2.65 bits per heavy atom. The first-order valence-corrected chi connectivity index (χ1v) is 6.36. The van der Waals surface area contributed by atoms with Crippen molar-refractivity contribution in [2.45, 2.75) is 20.4 Å². The number of halogens is 1. The molecule has 0 aliphatic rings. The SMILES string of the molecule is Cc1ccc(CNc2ccc(Br)c(C)c2)cn1. The number of nitrogens with zero attached hydrogens (tertiary/aromatic N) is 1. The molecule has 0 unspecified atom stereocenters. The Morgan fingerprint density at radius 2 is 2.00 bits per heavy atom. The molecule has 2 aromatic rings. The third-order valence-electron chi connectivity index (χ3n) is 2.63. The standard InChI is InChI=1S/C14H15BrN2/c1-10-7-13(5-6-14(10)15)17-9-12-4-3-11(2)16-8-12/h3-8,17H,9H2,1-2H3. The summed E-state index contributed by atoms with van der Waals surface area (Å²) in [7, 11) is 0. The van der Waals surface area contributed by atoms with E-state index in [9.17, 15) is 0 Å². The van der Waals surface area contributed by atoms with Gasteiger partial charge in [0.15, 0.2) is 0 Å². The molecule has 0 bridgehead atoms. The first-order chi connectivity index (χ1) is 8.15. The predicted molar refractivity (Wildman–Crippen MR) is 75.2 cm³/mol. The number of hydrogen-bond acceptors (Lipinski definition) is 2. The smallest absolute Gasteiger partial charge is 0.0416 e. The quantitative estimate of drug-likeness (QED) is 0.922. The van der Waals surface area contributed by atoms with Gasteiger partial charge in [-0.2, -0.15) is 0 Å². The topological polar surface area (TPSA) is 24.9 Å². The van der Waals surface area contributed by atoms with Crippen LogP contribution < -0.4 is 5.32 Å². The van der Waals surface area contributed by atoms with E-state index in [4.69, 9.17) is 0 Å². The van der Waals surface area contributed by atoms with Crippen LogP contribution in [0.15, 0.2) is 41.0 Å². The second kappa shape index (κ2) is 5.32. The Labute approximate surface area is 110 Å². The number of aryl methyl sites for hydroxylation is 2. The summed E-state index contributed by atoms with van der Waals surface area (Å²) < 4.78 is 1.14. The third kappa shape index (κ3) is 3.30. The van der Waals surface area contributed by atoms with Gasteiger partial charge in [0.25, 0.3) is 0 Å². The van der Waals surface area contributed by atoms with Crippen molar-refractivity contribution in [3.8, 4) is 0 Å². The normalized spacial score (nSPS) is 10.3. The lowest BCUT2D eigenvalue weighted by molar-refractivity contribution is 1.08. The van der Waals surface area contributed by atoms with Gasteiger partial charge in [-0.05, 0) is 49.2 Å². The maximum atomic E-state index is 4.28. The Balaban J connectivity index is 2.02. The molecule has 0 saturated carbocycles. The molecule has 1 heterocycles. The molecule has 0 fully saturated rings. The summed E-state index contributed by atoms with van der Waals surface area (Å²) in [6.07, 6.45) is 1.91. The van der Waals surface area contributed by atoms with Crippen LogP contribution in [-0.4, -0.2) is 4.98 Å². The molecule has 0 amide bonds. The number of benzene rings is 1. The Kier molecular flexibility index (Phi) is 3.79. The van der Waals surface area contributed by atoms with Crippen LogP contribution >= 0.6 is 15.9 Å². The fourth-order valence-electron chi connectivity index (χ4n) is 1.56. The van der Waals surface area contributed by atoms with E-state index in [1.54, 1.807) is 0 Å². The fraction of sp³-hybridized carbons (Fsp3) is 0.214. The molecule has 88 valence electrons. The average Bonchev–Trinajstić information content (AvgIpc) is 2.33. The third-order valence-corrected chi connectivity index (χ3v) is 3.52. The van der Waals surface area contributed by atoms with Gasteiger partial charge in [-0.1, -0.05) is 22.0 Å². The lowest BCUT2D eigenvalue weighted by Crippen LogP contribution is -2.00. The van der Waals surface area contributed by atoms with Gasteiger partial charge in [-0.25, -0.2) is 0 Å². The molecule has 0 radical (unpaired) electrons. The van der Waals surface area contributed by atoms with E-state index in [2.05, 4.69) is 57.4 Å². The van der Waals surface area contributed by atoms with Gasteiger partial charge >= 0.3 is 0 Å². The number of nitrogens with one attached hydrogen (secondary N) is 1. The number of aromatic nitrogens is 1. The summed E-state index contributed by atoms with van der Waals surface area (Å²) in [5.74, 6) is 0. The number of anilines is 1. The van der Waals surface area contributed by atoms with E-state index in [0.717, 1.165) is 22.4 Å². The molecule has 1 aromatic heterocycles. The van der Waals surface area contributed by atoms with E-state index < -0.39 is 0 Å². The predicted octanol–water partition coefficient (Wildman–Crippen LogP) is 4.07. The molecule has 3 heteroatoms. The van der Waals surface area contributed by atoms with Crippen LogP contribution in [-0.2, 0) is 6.54 Å². The minimum atomic E-state index is 0.800. The highest BCUT2D eigenvalue weighted by molar-refractivity contribution is 9.10. The van der Waals surface area contributed by atoms with Crippen LogP contribution in [0.25, 0.3) is 0 Å². The van der Waals surface area contributed by atoms with Crippen LogP contribution in [0.1, 0.15) is 16.8 Å². The van der Waals surface area contributed by atoms with Gasteiger partial charge in [-0.3, -0.25) is 4.98 Å². The summed E-state index contributed by atoms with van der Waals surface area (Å²) in [6, 6.07) is 10.4. The Bertz CT molecular complexity index is 506. The molecular formula is C14H15BrN2. The zero-order valence-electron chi connectivity index (χ0n) is 10.00. The van der Waals surface area contributed by atoms with Crippen molar-refractivity contribution >= 4 is 21.6 Å².